The lowest BCUT2D eigenvalue weighted by molar-refractivity contribution is -0.131. The maximum atomic E-state index is 12.2. The summed E-state index contributed by atoms with van der Waals surface area (Å²) in [4.78, 5) is 17.1. The van der Waals surface area contributed by atoms with Crippen molar-refractivity contribution in [1.29, 1.82) is 0 Å². The number of nitrogens with one attached hydrogen (secondary N) is 1. The molecule has 1 saturated heterocycles. The fourth-order valence-electron chi connectivity index (χ4n) is 5.37. The number of aliphatic imine (C=N–C) groups is 1. The number of carbonyl (C=O) groups is 1. The fourth-order valence-corrected chi connectivity index (χ4v) is 5.37. The van der Waals surface area contributed by atoms with Crippen LogP contribution in [0, 0.1) is 17.8 Å². The zero-order chi connectivity index (χ0) is 14.0. The van der Waals surface area contributed by atoms with Gasteiger partial charge in [-0.05, 0) is 62.7 Å². The number of hydrogen-bond acceptors (Lipinski definition) is 3. The van der Waals surface area contributed by atoms with Crippen molar-refractivity contribution in [3.8, 4) is 0 Å². The molecular formula is C16H24N2O2. The van der Waals surface area contributed by atoms with Gasteiger partial charge in [0.25, 0.3) is 11.9 Å². The Bertz CT molecular complexity index is 467. The molecule has 20 heavy (non-hydrogen) atoms. The third-order valence-corrected chi connectivity index (χ3v) is 6.34. The Morgan fingerprint density at radius 1 is 1.20 bits per heavy atom. The maximum Gasteiger partial charge on any atom is 0.293 e. The molecule has 110 valence electrons. The number of ether oxygens (including phenoxy) is 1. The van der Waals surface area contributed by atoms with Gasteiger partial charge in [-0.15, -0.1) is 0 Å². The zero-order valence-electron chi connectivity index (χ0n) is 12.4. The van der Waals surface area contributed by atoms with Gasteiger partial charge < -0.3 is 4.74 Å². The van der Waals surface area contributed by atoms with Gasteiger partial charge in [-0.2, -0.15) is 0 Å². The van der Waals surface area contributed by atoms with Crippen LogP contribution in [0.3, 0.4) is 0 Å². The van der Waals surface area contributed by atoms with Crippen molar-refractivity contribution in [3.05, 3.63) is 0 Å². The fraction of sp³-hybridized carbons (Fsp3) is 0.875. The van der Waals surface area contributed by atoms with Crippen molar-refractivity contribution < 1.29 is 9.53 Å². The summed E-state index contributed by atoms with van der Waals surface area (Å²) in [6.45, 7) is 4.01. The van der Waals surface area contributed by atoms with E-state index in [1.54, 1.807) is 0 Å². The molecule has 1 heterocycles. The third-order valence-electron chi connectivity index (χ3n) is 6.34. The molecule has 4 saturated carbocycles. The van der Waals surface area contributed by atoms with E-state index in [0.717, 1.165) is 17.8 Å². The molecule has 0 aromatic carbocycles. The first-order chi connectivity index (χ1) is 9.59. The Kier molecular flexibility index (Phi) is 2.52. The van der Waals surface area contributed by atoms with Gasteiger partial charge in [0.15, 0.2) is 5.60 Å². The highest BCUT2D eigenvalue weighted by Crippen LogP contribution is 2.62. The summed E-state index contributed by atoms with van der Waals surface area (Å²) in [6, 6.07) is 0.506. The smallest absolute Gasteiger partial charge is 0.293 e. The van der Waals surface area contributed by atoms with Gasteiger partial charge >= 0.3 is 0 Å². The van der Waals surface area contributed by atoms with E-state index in [-0.39, 0.29) is 11.4 Å². The number of nitrogens with zero attached hydrogens (tertiary/aromatic N) is 1. The van der Waals surface area contributed by atoms with Crippen molar-refractivity contribution in [2.24, 2.45) is 22.7 Å². The largest absolute Gasteiger partial charge is 0.448 e. The first-order valence-corrected chi connectivity index (χ1v) is 8.19. The summed E-state index contributed by atoms with van der Waals surface area (Å²) in [5.74, 6) is 2.47. The average Bonchev–Trinajstić information content (AvgIpc) is 2.94. The van der Waals surface area contributed by atoms with Gasteiger partial charge in [-0.3, -0.25) is 10.1 Å². The number of rotatable bonds is 3. The minimum Gasteiger partial charge on any atom is -0.448 e. The van der Waals surface area contributed by atoms with Crippen LogP contribution in [0.15, 0.2) is 4.99 Å². The van der Waals surface area contributed by atoms with Gasteiger partial charge in [0, 0.05) is 0 Å². The summed E-state index contributed by atoms with van der Waals surface area (Å²) in [5, 5.41) is 2.90. The lowest BCUT2D eigenvalue weighted by atomic mass is 9.81. The molecule has 1 amide bonds. The number of amides is 1. The van der Waals surface area contributed by atoms with Crippen LogP contribution in [0.1, 0.15) is 58.8 Å². The van der Waals surface area contributed by atoms with E-state index in [4.69, 9.17) is 9.73 Å². The van der Waals surface area contributed by atoms with Crippen LogP contribution in [-0.4, -0.2) is 23.1 Å². The molecule has 1 N–H and O–H groups in total. The molecule has 0 aromatic heterocycles. The Hall–Kier alpha value is -1.06. The first-order valence-electron chi connectivity index (χ1n) is 8.19. The highest BCUT2D eigenvalue weighted by molar-refractivity contribution is 6.04. The summed E-state index contributed by atoms with van der Waals surface area (Å²) < 4.78 is 5.96. The van der Waals surface area contributed by atoms with Crippen molar-refractivity contribution >= 4 is 11.9 Å². The van der Waals surface area contributed by atoms with E-state index >= 15 is 0 Å². The predicted molar refractivity (Wildman–Crippen MR) is 76.3 cm³/mol. The van der Waals surface area contributed by atoms with E-state index in [1.165, 1.54) is 32.1 Å². The van der Waals surface area contributed by atoms with Crippen LogP contribution in [-0.2, 0) is 9.53 Å². The molecule has 0 aromatic rings. The number of carbonyl (C=O) groups excluding carboxylic acids is 1. The quantitative estimate of drug-likeness (QED) is 0.861. The lowest BCUT2D eigenvalue weighted by Crippen LogP contribution is -2.37. The summed E-state index contributed by atoms with van der Waals surface area (Å²) in [7, 11) is 0. The second-order valence-electron chi connectivity index (χ2n) is 7.32. The molecule has 4 bridgehead atoms. The molecule has 0 spiro atoms. The molecule has 4 aliphatic carbocycles. The normalized spacial score (nSPS) is 46.0. The Morgan fingerprint density at radius 2 is 1.85 bits per heavy atom. The molecule has 4 nitrogen and oxygen atoms in total. The number of amidine groups is 1. The van der Waals surface area contributed by atoms with Gasteiger partial charge in [0.05, 0.1) is 5.54 Å². The Labute approximate surface area is 120 Å². The second kappa shape index (κ2) is 3.99. The summed E-state index contributed by atoms with van der Waals surface area (Å²) in [6.07, 6.45) is 7.92. The molecule has 1 aliphatic heterocycles. The summed E-state index contributed by atoms with van der Waals surface area (Å²) in [5.41, 5.74) is -0.584. The molecule has 2 atom stereocenters. The third kappa shape index (κ3) is 1.54. The first kappa shape index (κ1) is 12.7. The molecular weight excluding hydrogens is 252 g/mol. The van der Waals surface area contributed by atoms with Gasteiger partial charge in [-0.25, -0.2) is 4.99 Å². The van der Waals surface area contributed by atoms with Crippen LogP contribution in [0.2, 0.25) is 0 Å². The molecule has 5 fully saturated rings. The Balaban J connectivity index is 1.62. The molecule has 5 rings (SSSR count). The Morgan fingerprint density at radius 3 is 2.40 bits per heavy atom. The van der Waals surface area contributed by atoms with Crippen molar-refractivity contribution in [2.75, 3.05) is 0 Å². The van der Waals surface area contributed by atoms with Crippen molar-refractivity contribution in [1.82, 2.24) is 5.32 Å². The highest BCUT2D eigenvalue weighted by atomic mass is 16.5. The van der Waals surface area contributed by atoms with E-state index in [2.05, 4.69) is 5.32 Å². The maximum absolute atomic E-state index is 12.2. The zero-order valence-corrected chi connectivity index (χ0v) is 12.4. The molecule has 5 aliphatic rings. The van der Waals surface area contributed by atoms with Gasteiger partial charge in [0.2, 0.25) is 0 Å². The van der Waals surface area contributed by atoms with Gasteiger partial charge in [-0.1, -0.05) is 13.8 Å². The van der Waals surface area contributed by atoms with E-state index in [9.17, 15) is 4.79 Å². The van der Waals surface area contributed by atoms with Crippen LogP contribution >= 0.6 is 0 Å². The highest BCUT2D eigenvalue weighted by Gasteiger charge is 2.59. The predicted octanol–water partition coefficient (Wildman–Crippen LogP) is 2.63. The van der Waals surface area contributed by atoms with Crippen LogP contribution in [0.25, 0.3) is 0 Å². The standard InChI is InChI=1S/C16H24N2O2/c1-3-16(4-2)13(19)17-14(20-16)18-15-8-10-5-11(9-15)7-12(15)6-10/h10-12H,3-9H2,1-2H3,(H,17,18,19). The molecule has 2 unspecified atom stereocenters. The van der Waals surface area contributed by atoms with Crippen molar-refractivity contribution in [3.63, 3.8) is 0 Å². The van der Waals surface area contributed by atoms with Crippen LogP contribution in [0.4, 0.5) is 0 Å². The van der Waals surface area contributed by atoms with Gasteiger partial charge in [0.1, 0.15) is 0 Å². The van der Waals surface area contributed by atoms with Crippen molar-refractivity contribution in [2.45, 2.75) is 69.9 Å². The topological polar surface area (TPSA) is 50.7 Å². The minimum absolute atomic E-state index is 0.00430. The molecule has 0 radical (unpaired) electrons. The SMILES string of the molecule is CCC1(CC)OC(=NC23CC4CC(CC2C4)C3)NC1=O. The van der Waals surface area contributed by atoms with Crippen LogP contribution < -0.4 is 5.32 Å². The summed E-state index contributed by atoms with van der Waals surface area (Å²) >= 11 is 0. The lowest BCUT2D eigenvalue weighted by Gasteiger charge is -2.29. The minimum atomic E-state index is -0.675. The van der Waals surface area contributed by atoms with E-state index in [1.807, 2.05) is 13.8 Å². The second-order valence-corrected chi connectivity index (χ2v) is 7.32. The molecule has 4 heteroatoms. The monoisotopic (exact) mass is 276 g/mol. The van der Waals surface area contributed by atoms with E-state index in [0.29, 0.717) is 18.9 Å². The van der Waals surface area contributed by atoms with Crippen LogP contribution in [0.5, 0.6) is 0 Å². The average molecular weight is 276 g/mol. The van der Waals surface area contributed by atoms with E-state index < -0.39 is 5.60 Å². The number of hydrogen-bond donors (Lipinski definition) is 1.